The Hall–Kier alpha value is -2.30. The SMILES string of the molecule is Cc1ccc(Oc2ncnc(N3CCCCC3)c2N)cc1C. The van der Waals surface area contributed by atoms with E-state index in [0.717, 1.165) is 24.7 Å². The average molecular weight is 298 g/mol. The lowest BCUT2D eigenvalue weighted by molar-refractivity contribution is 0.463. The molecular formula is C17H22N4O. The molecule has 5 nitrogen and oxygen atoms in total. The van der Waals surface area contributed by atoms with E-state index in [9.17, 15) is 0 Å². The van der Waals surface area contributed by atoms with Gasteiger partial charge in [0.1, 0.15) is 17.8 Å². The van der Waals surface area contributed by atoms with Gasteiger partial charge in [-0.15, -0.1) is 0 Å². The van der Waals surface area contributed by atoms with Crippen molar-refractivity contribution in [3.05, 3.63) is 35.7 Å². The molecule has 0 amide bonds. The molecule has 0 aliphatic carbocycles. The number of piperidine rings is 1. The second kappa shape index (κ2) is 6.22. The minimum Gasteiger partial charge on any atom is -0.437 e. The highest BCUT2D eigenvalue weighted by Crippen LogP contribution is 2.33. The first kappa shape index (κ1) is 14.6. The number of anilines is 2. The zero-order valence-corrected chi connectivity index (χ0v) is 13.2. The molecule has 5 heteroatoms. The number of ether oxygens (including phenoxy) is 1. The van der Waals surface area contributed by atoms with Crippen molar-refractivity contribution in [3.63, 3.8) is 0 Å². The van der Waals surface area contributed by atoms with Gasteiger partial charge in [0.25, 0.3) is 0 Å². The van der Waals surface area contributed by atoms with Crippen LogP contribution in [0.2, 0.25) is 0 Å². The van der Waals surface area contributed by atoms with E-state index in [1.54, 1.807) is 0 Å². The molecule has 0 radical (unpaired) electrons. The number of aromatic nitrogens is 2. The van der Waals surface area contributed by atoms with Gasteiger partial charge < -0.3 is 15.4 Å². The molecule has 2 aromatic rings. The van der Waals surface area contributed by atoms with Crippen molar-refractivity contribution in [2.24, 2.45) is 0 Å². The van der Waals surface area contributed by atoms with Crippen LogP contribution in [0.4, 0.5) is 11.5 Å². The van der Waals surface area contributed by atoms with Crippen LogP contribution in [0.15, 0.2) is 24.5 Å². The molecule has 1 aromatic heterocycles. The summed E-state index contributed by atoms with van der Waals surface area (Å²) in [4.78, 5) is 10.8. The molecule has 0 unspecified atom stereocenters. The van der Waals surface area contributed by atoms with Gasteiger partial charge in [-0.3, -0.25) is 0 Å². The first-order valence-electron chi connectivity index (χ1n) is 7.75. The number of rotatable bonds is 3. The number of aryl methyl sites for hydroxylation is 2. The van der Waals surface area contributed by atoms with E-state index in [-0.39, 0.29) is 0 Å². The van der Waals surface area contributed by atoms with Gasteiger partial charge in [0.2, 0.25) is 5.88 Å². The van der Waals surface area contributed by atoms with E-state index in [0.29, 0.717) is 11.6 Å². The Morgan fingerprint density at radius 3 is 2.55 bits per heavy atom. The molecule has 1 fully saturated rings. The number of nitrogens with zero attached hydrogens (tertiary/aromatic N) is 3. The number of hydrogen-bond acceptors (Lipinski definition) is 5. The summed E-state index contributed by atoms with van der Waals surface area (Å²) < 4.78 is 5.87. The molecule has 0 spiro atoms. The van der Waals surface area contributed by atoms with Gasteiger partial charge in [-0.05, 0) is 56.4 Å². The van der Waals surface area contributed by atoms with Crippen LogP contribution in [0.5, 0.6) is 11.6 Å². The lowest BCUT2D eigenvalue weighted by atomic mass is 10.1. The smallest absolute Gasteiger partial charge is 0.248 e. The molecule has 22 heavy (non-hydrogen) atoms. The molecule has 2 N–H and O–H groups in total. The molecule has 3 rings (SSSR count). The van der Waals surface area contributed by atoms with E-state index in [1.165, 1.54) is 36.7 Å². The van der Waals surface area contributed by atoms with Crippen molar-refractivity contribution in [2.75, 3.05) is 23.7 Å². The lowest BCUT2D eigenvalue weighted by Gasteiger charge is -2.28. The Morgan fingerprint density at radius 1 is 1.05 bits per heavy atom. The molecule has 0 atom stereocenters. The summed E-state index contributed by atoms with van der Waals surface area (Å²) in [5.41, 5.74) is 9.17. The first-order chi connectivity index (χ1) is 10.6. The minimum atomic E-state index is 0.429. The minimum absolute atomic E-state index is 0.429. The number of hydrogen-bond donors (Lipinski definition) is 1. The van der Waals surface area contributed by atoms with E-state index in [2.05, 4.69) is 28.7 Å². The Bertz CT molecular complexity index is 666. The average Bonchev–Trinajstić information content (AvgIpc) is 2.54. The number of nitrogens with two attached hydrogens (primary N) is 1. The summed E-state index contributed by atoms with van der Waals surface area (Å²) in [6.07, 6.45) is 5.15. The maximum atomic E-state index is 6.24. The van der Waals surface area contributed by atoms with Gasteiger partial charge in [0.05, 0.1) is 0 Å². The molecule has 116 valence electrons. The molecule has 1 aliphatic rings. The quantitative estimate of drug-likeness (QED) is 0.940. The van der Waals surface area contributed by atoms with Gasteiger partial charge in [-0.25, -0.2) is 4.98 Å². The van der Waals surface area contributed by atoms with E-state index < -0.39 is 0 Å². The molecule has 0 bridgehead atoms. The van der Waals surface area contributed by atoms with Crippen LogP contribution in [-0.2, 0) is 0 Å². The summed E-state index contributed by atoms with van der Waals surface area (Å²) in [6, 6.07) is 5.97. The highest BCUT2D eigenvalue weighted by Gasteiger charge is 2.18. The van der Waals surface area contributed by atoms with Crippen molar-refractivity contribution in [1.29, 1.82) is 0 Å². The first-order valence-corrected chi connectivity index (χ1v) is 7.75. The second-order valence-electron chi connectivity index (χ2n) is 5.81. The van der Waals surface area contributed by atoms with Gasteiger partial charge in [-0.1, -0.05) is 6.07 Å². The van der Waals surface area contributed by atoms with Crippen molar-refractivity contribution < 1.29 is 4.74 Å². The zero-order chi connectivity index (χ0) is 15.5. The maximum absolute atomic E-state index is 6.24. The van der Waals surface area contributed by atoms with Crippen LogP contribution in [0.25, 0.3) is 0 Å². The van der Waals surface area contributed by atoms with E-state index in [4.69, 9.17) is 10.5 Å². The van der Waals surface area contributed by atoms with Crippen LogP contribution < -0.4 is 15.4 Å². The van der Waals surface area contributed by atoms with Crippen molar-refractivity contribution in [1.82, 2.24) is 9.97 Å². The standard InChI is InChI=1S/C17H22N4O/c1-12-6-7-14(10-13(12)2)22-17-15(18)16(19-11-20-17)21-8-4-3-5-9-21/h6-7,10-11H,3-5,8-9,18H2,1-2H3. The summed E-state index contributed by atoms with van der Waals surface area (Å²) in [5, 5.41) is 0. The summed E-state index contributed by atoms with van der Waals surface area (Å²) in [6.45, 7) is 6.12. The number of benzene rings is 1. The van der Waals surface area contributed by atoms with Crippen LogP contribution in [0.1, 0.15) is 30.4 Å². The molecule has 0 saturated carbocycles. The second-order valence-corrected chi connectivity index (χ2v) is 5.81. The van der Waals surface area contributed by atoms with Crippen LogP contribution >= 0.6 is 0 Å². The lowest BCUT2D eigenvalue weighted by Crippen LogP contribution is -2.31. The molecule has 1 saturated heterocycles. The van der Waals surface area contributed by atoms with Crippen molar-refractivity contribution in [3.8, 4) is 11.6 Å². The van der Waals surface area contributed by atoms with Crippen LogP contribution in [0, 0.1) is 13.8 Å². The summed E-state index contributed by atoms with van der Waals surface area (Å²) in [5.74, 6) is 1.96. The zero-order valence-electron chi connectivity index (χ0n) is 13.2. The maximum Gasteiger partial charge on any atom is 0.248 e. The molecule has 1 aliphatic heterocycles. The van der Waals surface area contributed by atoms with Crippen molar-refractivity contribution >= 4 is 11.5 Å². The summed E-state index contributed by atoms with van der Waals surface area (Å²) in [7, 11) is 0. The fourth-order valence-electron chi connectivity index (χ4n) is 2.70. The Kier molecular flexibility index (Phi) is 4.13. The topological polar surface area (TPSA) is 64.3 Å². The largest absolute Gasteiger partial charge is 0.437 e. The third-order valence-corrected chi connectivity index (χ3v) is 4.17. The van der Waals surface area contributed by atoms with E-state index in [1.807, 2.05) is 18.2 Å². The monoisotopic (exact) mass is 298 g/mol. The predicted octanol–water partition coefficient (Wildman–Crippen LogP) is 3.46. The molecule has 2 heterocycles. The number of nitrogen functional groups attached to an aromatic ring is 1. The fourth-order valence-corrected chi connectivity index (χ4v) is 2.70. The highest BCUT2D eigenvalue weighted by atomic mass is 16.5. The van der Waals surface area contributed by atoms with E-state index >= 15 is 0 Å². The molecule has 1 aromatic carbocycles. The van der Waals surface area contributed by atoms with Gasteiger partial charge in [-0.2, -0.15) is 4.98 Å². The van der Waals surface area contributed by atoms with Gasteiger partial charge in [0.15, 0.2) is 5.82 Å². The summed E-state index contributed by atoms with van der Waals surface area (Å²) >= 11 is 0. The Morgan fingerprint density at radius 2 is 1.82 bits per heavy atom. The molecular weight excluding hydrogens is 276 g/mol. The third-order valence-electron chi connectivity index (χ3n) is 4.17. The van der Waals surface area contributed by atoms with Crippen LogP contribution in [0.3, 0.4) is 0 Å². The van der Waals surface area contributed by atoms with Crippen molar-refractivity contribution in [2.45, 2.75) is 33.1 Å². The van der Waals surface area contributed by atoms with Gasteiger partial charge in [0, 0.05) is 13.1 Å². The fraction of sp³-hybridized carbons (Fsp3) is 0.412. The Balaban J connectivity index is 1.86. The van der Waals surface area contributed by atoms with Gasteiger partial charge >= 0.3 is 0 Å². The van der Waals surface area contributed by atoms with Crippen LogP contribution in [-0.4, -0.2) is 23.1 Å². The predicted molar refractivity (Wildman–Crippen MR) is 88.5 cm³/mol. The third kappa shape index (κ3) is 2.98. The Labute approximate surface area is 131 Å². The highest BCUT2D eigenvalue weighted by molar-refractivity contribution is 5.68. The normalized spacial score (nSPS) is 14.9.